The molecule has 0 saturated carbocycles. The quantitative estimate of drug-likeness (QED) is 0.534. The van der Waals surface area contributed by atoms with E-state index < -0.39 is 8.80 Å². The Morgan fingerprint density at radius 2 is 1.62 bits per heavy atom. The number of nitrogens with zero attached hydrogens (tertiary/aromatic N) is 1. The fourth-order valence-corrected chi connectivity index (χ4v) is 4.00. The fraction of sp³-hybridized carbons (Fsp3) is 0.857. The average molecular weight is 239 g/mol. The molecule has 0 radical (unpaired) electrons. The largest absolute Gasteiger partial charge is 0.297 e. The van der Waals surface area contributed by atoms with Crippen molar-refractivity contribution < 1.29 is 0 Å². The van der Waals surface area contributed by atoms with Crippen LogP contribution >= 0.6 is 0 Å². The second-order valence-electron chi connectivity index (χ2n) is 5.74. The Labute approximate surface area is 104 Å². The van der Waals surface area contributed by atoms with Gasteiger partial charge in [0.1, 0.15) is 0 Å². The van der Waals surface area contributed by atoms with Gasteiger partial charge in [-0.25, -0.2) is 0 Å². The Morgan fingerprint density at radius 1 is 1.12 bits per heavy atom. The lowest BCUT2D eigenvalue weighted by atomic mass is 10.0. The van der Waals surface area contributed by atoms with Crippen LogP contribution in [0.3, 0.4) is 0 Å². The zero-order valence-corrected chi connectivity index (χ0v) is 12.6. The van der Waals surface area contributed by atoms with E-state index in [0.29, 0.717) is 6.04 Å². The van der Waals surface area contributed by atoms with E-state index >= 15 is 0 Å². The molecule has 1 rings (SSSR count). The Balaban J connectivity index is 2.43. The molecular weight excluding hydrogens is 210 g/mol. The zero-order valence-electron chi connectivity index (χ0n) is 11.5. The van der Waals surface area contributed by atoms with Crippen LogP contribution in [0.2, 0.25) is 19.1 Å². The highest BCUT2D eigenvalue weighted by Crippen LogP contribution is 2.19. The minimum atomic E-state index is -0.485. The van der Waals surface area contributed by atoms with Gasteiger partial charge in [-0.3, -0.25) is 4.90 Å². The van der Waals surface area contributed by atoms with Crippen LogP contribution in [-0.2, 0) is 0 Å². The average Bonchev–Trinajstić information content (AvgIpc) is 2.15. The Hall–Kier alpha value is -0.0831. The summed E-state index contributed by atoms with van der Waals surface area (Å²) in [6, 6.07) is 1.94. The van der Waals surface area contributed by atoms with E-state index in [2.05, 4.69) is 31.5 Å². The molecule has 1 saturated heterocycles. The third kappa shape index (κ3) is 4.83. The van der Waals surface area contributed by atoms with Crippen LogP contribution < -0.4 is 0 Å². The highest BCUT2D eigenvalue weighted by atomic mass is 28.3. The minimum absolute atomic E-state index is 0.485. The third-order valence-electron chi connectivity index (χ3n) is 3.70. The van der Waals surface area contributed by atoms with Crippen molar-refractivity contribution >= 4 is 8.80 Å². The Kier molecular flexibility index (Phi) is 6.36. The SMILES string of the molecule is C=C(C[SiH](C)C)C(C)N1CCCCCCC1. The van der Waals surface area contributed by atoms with E-state index in [1.54, 1.807) is 0 Å². The van der Waals surface area contributed by atoms with Gasteiger partial charge in [0.2, 0.25) is 0 Å². The van der Waals surface area contributed by atoms with Gasteiger partial charge in [-0.2, -0.15) is 0 Å². The summed E-state index contributed by atoms with van der Waals surface area (Å²) in [6.07, 6.45) is 7.07. The van der Waals surface area contributed by atoms with Gasteiger partial charge in [0.15, 0.2) is 0 Å². The first-order chi connectivity index (χ1) is 7.61. The van der Waals surface area contributed by atoms with Crippen LogP contribution in [0.25, 0.3) is 0 Å². The molecule has 0 aromatic heterocycles. The molecule has 1 fully saturated rings. The molecule has 0 N–H and O–H groups in total. The summed E-state index contributed by atoms with van der Waals surface area (Å²) < 4.78 is 0. The summed E-state index contributed by atoms with van der Waals surface area (Å²) in [7, 11) is -0.485. The van der Waals surface area contributed by atoms with Gasteiger partial charge in [0.05, 0.1) is 0 Å². The van der Waals surface area contributed by atoms with Gasteiger partial charge >= 0.3 is 0 Å². The Morgan fingerprint density at radius 3 is 2.12 bits per heavy atom. The molecule has 0 spiro atoms. The molecular formula is C14H29NSi. The van der Waals surface area contributed by atoms with Crippen molar-refractivity contribution in [2.45, 2.75) is 64.2 Å². The highest BCUT2D eigenvalue weighted by Gasteiger charge is 2.17. The van der Waals surface area contributed by atoms with E-state index in [1.807, 2.05) is 0 Å². The van der Waals surface area contributed by atoms with Crippen LogP contribution in [0.4, 0.5) is 0 Å². The van der Waals surface area contributed by atoms with Gasteiger partial charge in [-0.15, -0.1) is 0 Å². The summed E-state index contributed by atoms with van der Waals surface area (Å²) in [5.41, 5.74) is 1.49. The summed E-state index contributed by atoms with van der Waals surface area (Å²) in [5.74, 6) is 0. The maximum absolute atomic E-state index is 4.32. The van der Waals surface area contributed by atoms with E-state index in [4.69, 9.17) is 0 Å². The molecule has 16 heavy (non-hydrogen) atoms. The van der Waals surface area contributed by atoms with Crippen molar-refractivity contribution in [2.75, 3.05) is 13.1 Å². The van der Waals surface area contributed by atoms with Crippen molar-refractivity contribution in [3.63, 3.8) is 0 Å². The normalized spacial score (nSPS) is 21.5. The van der Waals surface area contributed by atoms with E-state index in [0.717, 1.165) is 0 Å². The maximum Gasteiger partial charge on any atom is 0.0348 e. The van der Waals surface area contributed by atoms with Gasteiger partial charge in [0.25, 0.3) is 0 Å². The highest BCUT2D eigenvalue weighted by molar-refractivity contribution is 6.56. The first kappa shape index (κ1) is 14.0. The number of likely N-dealkylation sites (tertiary alicyclic amines) is 1. The van der Waals surface area contributed by atoms with Crippen molar-refractivity contribution in [2.24, 2.45) is 0 Å². The molecule has 1 unspecified atom stereocenters. The molecule has 0 aliphatic carbocycles. The van der Waals surface area contributed by atoms with Gasteiger partial charge in [0, 0.05) is 14.8 Å². The van der Waals surface area contributed by atoms with Crippen molar-refractivity contribution in [3.05, 3.63) is 12.2 Å². The van der Waals surface area contributed by atoms with Crippen LogP contribution in [0.1, 0.15) is 39.0 Å². The molecule has 1 atom stereocenters. The van der Waals surface area contributed by atoms with Crippen molar-refractivity contribution in [1.82, 2.24) is 4.90 Å². The number of rotatable bonds is 4. The summed E-state index contributed by atoms with van der Waals surface area (Å²) in [4.78, 5) is 2.66. The van der Waals surface area contributed by atoms with Gasteiger partial charge in [-0.05, 0) is 38.9 Å². The van der Waals surface area contributed by atoms with E-state index in [9.17, 15) is 0 Å². The van der Waals surface area contributed by atoms with Crippen molar-refractivity contribution in [1.29, 1.82) is 0 Å². The standard InChI is InChI=1S/C14H29NSi/c1-13(12-16(3)4)14(2)15-10-8-6-5-7-9-11-15/h14,16H,1,5-12H2,2-4H3. The lowest BCUT2D eigenvalue weighted by molar-refractivity contribution is 0.212. The zero-order chi connectivity index (χ0) is 12.0. The third-order valence-corrected chi connectivity index (χ3v) is 5.04. The predicted molar refractivity (Wildman–Crippen MR) is 76.9 cm³/mol. The number of hydrogen-bond acceptors (Lipinski definition) is 1. The lowest BCUT2D eigenvalue weighted by Gasteiger charge is -2.32. The smallest absolute Gasteiger partial charge is 0.0348 e. The summed E-state index contributed by atoms with van der Waals surface area (Å²) in [5, 5.41) is 0. The van der Waals surface area contributed by atoms with Crippen LogP contribution in [0.5, 0.6) is 0 Å². The summed E-state index contributed by atoms with van der Waals surface area (Å²) >= 11 is 0. The monoisotopic (exact) mass is 239 g/mol. The second-order valence-corrected chi connectivity index (χ2v) is 8.93. The molecule has 0 amide bonds. The molecule has 2 heteroatoms. The lowest BCUT2D eigenvalue weighted by Crippen LogP contribution is -2.37. The molecule has 1 aliphatic heterocycles. The van der Waals surface area contributed by atoms with Gasteiger partial charge < -0.3 is 0 Å². The summed E-state index contributed by atoms with van der Waals surface area (Å²) in [6.45, 7) is 14.1. The maximum atomic E-state index is 4.32. The van der Waals surface area contributed by atoms with Gasteiger partial charge in [-0.1, -0.05) is 44.5 Å². The van der Waals surface area contributed by atoms with E-state index in [1.165, 1.54) is 56.8 Å². The molecule has 0 aromatic carbocycles. The van der Waals surface area contributed by atoms with Crippen LogP contribution in [0.15, 0.2) is 12.2 Å². The molecule has 1 nitrogen and oxygen atoms in total. The first-order valence-corrected chi connectivity index (χ1v) is 10.2. The topological polar surface area (TPSA) is 3.24 Å². The van der Waals surface area contributed by atoms with Crippen molar-refractivity contribution in [3.8, 4) is 0 Å². The Bertz CT molecular complexity index is 205. The minimum Gasteiger partial charge on any atom is -0.297 e. The fourth-order valence-electron chi connectivity index (χ4n) is 2.61. The van der Waals surface area contributed by atoms with Crippen LogP contribution in [0, 0.1) is 0 Å². The molecule has 0 aromatic rings. The number of hydrogen-bond donors (Lipinski definition) is 0. The molecule has 1 heterocycles. The first-order valence-electron chi connectivity index (χ1n) is 7.03. The van der Waals surface area contributed by atoms with Crippen LogP contribution in [-0.4, -0.2) is 32.8 Å². The van der Waals surface area contributed by atoms with E-state index in [-0.39, 0.29) is 0 Å². The molecule has 0 bridgehead atoms. The second kappa shape index (κ2) is 7.28. The predicted octanol–water partition coefficient (Wildman–Crippen LogP) is 3.68. The molecule has 94 valence electrons. The molecule has 1 aliphatic rings.